The molecule has 1 aliphatic rings. The van der Waals surface area contributed by atoms with Gasteiger partial charge in [0, 0.05) is 5.56 Å². The van der Waals surface area contributed by atoms with Crippen molar-refractivity contribution in [2.75, 3.05) is 11.9 Å². The molecule has 1 saturated heterocycles. The molecule has 0 aromatic carbocycles. The highest BCUT2D eigenvalue weighted by Gasteiger charge is 2.23. The molecule has 82 valence electrons. The topological polar surface area (TPSA) is 67.2 Å². The number of aryl methyl sites for hydroxylation is 1. The quantitative estimate of drug-likeness (QED) is 0.762. The van der Waals surface area contributed by atoms with Crippen LogP contribution in [0.1, 0.15) is 24.1 Å². The Morgan fingerprint density at radius 2 is 2.40 bits per heavy atom. The molecule has 1 fully saturated rings. The second-order valence-electron chi connectivity index (χ2n) is 3.86. The Morgan fingerprint density at radius 3 is 2.93 bits per heavy atom. The fourth-order valence-electron chi connectivity index (χ4n) is 1.64. The van der Waals surface area contributed by atoms with Crippen molar-refractivity contribution in [2.45, 2.75) is 32.7 Å². The summed E-state index contributed by atoms with van der Waals surface area (Å²) in [5.74, 6) is 0.429. The number of hydrogen-bond acceptors (Lipinski definition) is 4. The molecule has 15 heavy (non-hydrogen) atoms. The molecule has 5 heteroatoms. The van der Waals surface area contributed by atoms with Crippen molar-refractivity contribution in [3.63, 3.8) is 0 Å². The van der Waals surface area contributed by atoms with E-state index in [9.17, 15) is 4.79 Å². The van der Waals surface area contributed by atoms with E-state index in [1.807, 2.05) is 13.8 Å². The van der Waals surface area contributed by atoms with Gasteiger partial charge in [0.15, 0.2) is 0 Å². The molecule has 1 aromatic heterocycles. The van der Waals surface area contributed by atoms with Crippen LogP contribution >= 0.6 is 0 Å². The summed E-state index contributed by atoms with van der Waals surface area (Å²) in [4.78, 5) is 11.7. The maximum Gasteiger partial charge on any atom is 0.243 e. The molecule has 1 amide bonds. The van der Waals surface area contributed by atoms with Crippen LogP contribution < -0.4 is 10.6 Å². The number of nitrogens with one attached hydrogen (secondary N) is 2. The highest BCUT2D eigenvalue weighted by atomic mass is 16.5. The molecule has 5 nitrogen and oxygen atoms in total. The van der Waals surface area contributed by atoms with E-state index < -0.39 is 0 Å². The van der Waals surface area contributed by atoms with Gasteiger partial charge in [-0.05, 0) is 33.2 Å². The zero-order valence-corrected chi connectivity index (χ0v) is 8.96. The molecule has 0 aliphatic carbocycles. The lowest BCUT2D eigenvalue weighted by atomic mass is 10.2. The molecule has 1 atom stereocenters. The number of aromatic nitrogens is 1. The Labute approximate surface area is 88.2 Å². The number of amides is 1. The van der Waals surface area contributed by atoms with Crippen LogP contribution in [0, 0.1) is 13.8 Å². The maximum absolute atomic E-state index is 11.7. The summed E-state index contributed by atoms with van der Waals surface area (Å²) in [6.07, 6.45) is 1.94. The maximum atomic E-state index is 11.7. The number of carbonyl (C=O) groups is 1. The van der Waals surface area contributed by atoms with Gasteiger partial charge in [0.2, 0.25) is 11.8 Å². The predicted octanol–water partition coefficient (Wildman–Crippen LogP) is 0.982. The summed E-state index contributed by atoms with van der Waals surface area (Å²) in [7, 11) is 0. The smallest absolute Gasteiger partial charge is 0.243 e. The van der Waals surface area contributed by atoms with Crippen molar-refractivity contribution in [3.05, 3.63) is 11.3 Å². The highest BCUT2D eigenvalue weighted by Crippen LogP contribution is 2.18. The number of hydrogen-bond donors (Lipinski definition) is 2. The number of nitrogens with zero attached hydrogens (tertiary/aromatic N) is 1. The molecule has 1 aromatic rings. The van der Waals surface area contributed by atoms with Gasteiger partial charge < -0.3 is 9.84 Å². The minimum absolute atomic E-state index is 0.0354. The normalized spacial score (nSPS) is 20.5. The third-order valence-corrected chi connectivity index (χ3v) is 2.77. The van der Waals surface area contributed by atoms with E-state index in [1.165, 1.54) is 0 Å². The summed E-state index contributed by atoms with van der Waals surface area (Å²) in [6, 6.07) is -0.0881. The van der Waals surface area contributed by atoms with Crippen molar-refractivity contribution >= 4 is 11.8 Å². The van der Waals surface area contributed by atoms with Crippen molar-refractivity contribution in [1.29, 1.82) is 0 Å². The van der Waals surface area contributed by atoms with Crippen LogP contribution in [0.3, 0.4) is 0 Å². The standard InChI is InChI=1S/C10H15N3O2/c1-6-7(2)13-15-10(6)12-9(14)8-4-3-5-11-8/h8,11H,3-5H2,1-2H3,(H,12,14)/t8-/m0/s1. The minimum Gasteiger partial charge on any atom is -0.338 e. The van der Waals surface area contributed by atoms with Gasteiger partial charge in [-0.25, -0.2) is 0 Å². The summed E-state index contributed by atoms with van der Waals surface area (Å²) >= 11 is 0. The van der Waals surface area contributed by atoms with Gasteiger partial charge in [0.25, 0.3) is 0 Å². The summed E-state index contributed by atoms with van der Waals surface area (Å²) in [5.41, 5.74) is 1.70. The van der Waals surface area contributed by atoms with E-state index in [2.05, 4.69) is 15.8 Å². The van der Waals surface area contributed by atoms with Crippen LogP contribution in [0.5, 0.6) is 0 Å². The van der Waals surface area contributed by atoms with Crippen molar-refractivity contribution in [1.82, 2.24) is 10.5 Å². The molecular weight excluding hydrogens is 194 g/mol. The molecular formula is C10H15N3O2. The zero-order chi connectivity index (χ0) is 10.8. The van der Waals surface area contributed by atoms with Crippen LogP contribution in [0.25, 0.3) is 0 Å². The van der Waals surface area contributed by atoms with Crippen LogP contribution in [-0.2, 0) is 4.79 Å². The first-order valence-corrected chi connectivity index (χ1v) is 5.15. The van der Waals surface area contributed by atoms with E-state index >= 15 is 0 Å². The van der Waals surface area contributed by atoms with Gasteiger partial charge in [0.05, 0.1) is 11.7 Å². The predicted molar refractivity (Wildman–Crippen MR) is 55.6 cm³/mol. The fraction of sp³-hybridized carbons (Fsp3) is 0.600. The Bertz CT molecular complexity index is 367. The lowest BCUT2D eigenvalue weighted by Gasteiger charge is -2.08. The molecule has 0 saturated carbocycles. The summed E-state index contributed by atoms with van der Waals surface area (Å²) < 4.78 is 5.02. The van der Waals surface area contributed by atoms with Crippen molar-refractivity contribution in [3.8, 4) is 0 Å². The van der Waals surface area contributed by atoms with E-state index in [4.69, 9.17) is 4.52 Å². The molecule has 0 spiro atoms. The van der Waals surface area contributed by atoms with E-state index in [0.29, 0.717) is 5.88 Å². The Balaban J connectivity index is 2.02. The van der Waals surface area contributed by atoms with Crippen LogP contribution in [0.4, 0.5) is 5.88 Å². The number of anilines is 1. The first-order chi connectivity index (χ1) is 7.18. The fourth-order valence-corrected chi connectivity index (χ4v) is 1.64. The third kappa shape index (κ3) is 2.02. The van der Waals surface area contributed by atoms with Gasteiger partial charge in [-0.2, -0.15) is 0 Å². The number of carbonyl (C=O) groups excluding carboxylic acids is 1. The first kappa shape index (κ1) is 10.2. The molecule has 0 unspecified atom stereocenters. The van der Waals surface area contributed by atoms with Gasteiger partial charge in [-0.1, -0.05) is 5.16 Å². The highest BCUT2D eigenvalue weighted by molar-refractivity contribution is 5.94. The molecule has 2 heterocycles. The monoisotopic (exact) mass is 209 g/mol. The van der Waals surface area contributed by atoms with Gasteiger partial charge >= 0.3 is 0 Å². The van der Waals surface area contributed by atoms with Crippen LogP contribution in [0.2, 0.25) is 0 Å². The molecule has 2 rings (SSSR count). The summed E-state index contributed by atoms with van der Waals surface area (Å²) in [5, 5.41) is 9.66. The molecule has 2 N–H and O–H groups in total. The second kappa shape index (κ2) is 4.02. The number of rotatable bonds is 2. The van der Waals surface area contributed by atoms with Crippen LogP contribution in [-0.4, -0.2) is 23.7 Å². The van der Waals surface area contributed by atoms with Gasteiger partial charge in [0.1, 0.15) is 0 Å². The average Bonchev–Trinajstić information content (AvgIpc) is 2.83. The third-order valence-electron chi connectivity index (χ3n) is 2.77. The molecule has 0 radical (unpaired) electrons. The first-order valence-electron chi connectivity index (χ1n) is 5.15. The molecule has 1 aliphatic heterocycles. The second-order valence-corrected chi connectivity index (χ2v) is 3.86. The van der Waals surface area contributed by atoms with E-state index in [0.717, 1.165) is 30.6 Å². The largest absolute Gasteiger partial charge is 0.338 e. The Kier molecular flexibility index (Phi) is 2.73. The zero-order valence-electron chi connectivity index (χ0n) is 8.96. The van der Waals surface area contributed by atoms with Gasteiger partial charge in [-0.3, -0.25) is 10.1 Å². The summed E-state index contributed by atoms with van der Waals surface area (Å²) in [6.45, 7) is 4.64. The average molecular weight is 209 g/mol. The lowest BCUT2D eigenvalue weighted by Crippen LogP contribution is -2.35. The van der Waals surface area contributed by atoms with E-state index in [1.54, 1.807) is 0 Å². The van der Waals surface area contributed by atoms with Crippen molar-refractivity contribution < 1.29 is 9.32 Å². The Hall–Kier alpha value is -1.36. The van der Waals surface area contributed by atoms with Crippen molar-refractivity contribution in [2.24, 2.45) is 0 Å². The lowest BCUT2D eigenvalue weighted by molar-refractivity contribution is -0.117. The van der Waals surface area contributed by atoms with E-state index in [-0.39, 0.29) is 11.9 Å². The SMILES string of the molecule is Cc1noc(NC(=O)[C@@H]2CCCN2)c1C. The minimum atomic E-state index is -0.0881. The Morgan fingerprint density at radius 1 is 1.60 bits per heavy atom. The van der Waals surface area contributed by atoms with Gasteiger partial charge in [-0.15, -0.1) is 0 Å². The van der Waals surface area contributed by atoms with Crippen LogP contribution in [0.15, 0.2) is 4.52 Å². The molecule has 0 bridgehead atoms.